The van der Waals surface area contributed by atoms with Gasteiger partial charge in [0.25, 0.3) is 11.8 Å². The monoisotopic (exact) mass is 409 g/mol. The lowest BCUT2D eigenvalue weighted by molar-refractivity contribution is -0.120. The van der Waals surface area contributed by atoms with E-state index in [-0.39, 0.29) is 11.8 Å². The Balaban J connectivity index is 1.51. The van der Waals surface area contributed by atoms with Crippen LogP contribution in [0.1, 0.15) is 18.4 Å². The number of carbonyl (C=O) groups excluding carboxylic acids is 2. The number of carbonyl (C=O) groups is 2. The molecule has 1 N–H and O–H groups in total. The molecule has 0 atom stereocenters. The number of anilines is 3. The number of nitrogens with one attached hydrogen (secondary N) is 1. The Morgan fingerprint density at radius 3 is 1.87 bits per heavy atom. The fraction of sp³-hybridized carbons (Fsp3) is 0.154. The van der Waals surface area contributed by atoms with Gasteiger partial charge in [-0.2, -0.15) is 0 Å². The minimum absolute atomic E-state index is 0.297. The molecule has 154 valence electrons. The summed E-state index contributed by atoms with van der Waals surface area (Å²) in [5.41, 5.74) is 3.87. The molecule has 1 fully saturated rings. The number of hydrogen-bond donors (Lipinski definition) is 1. The molecule has 31 heavy (non-hydrogen) atoms. The van der Waals surface area contributed by atoms with E-state index in [9.17, 15) is 9.59 Å². The largest absolute Gasteiger partial charge is 0.372 e. The average molecular weight is 409 g/mol. The molecule has 3 aromatic rings. The first-order valence-electron chi connectivity index (χ1n) is 10.6. The van der Waals surface area contributed by atoms with E-state index in [1.807, 2.05) is 84.9 Å². The van der Waals surface area contributed by atoms with Crippen molar-refractivity contribution >= 4 is 34.4 Å². The quantitative estimate of drug-likeness (QED) is 0.622. The number of nitrogens with zero attached hydrogens (tertiary/aromatic N) is 2. The van der Waals surface area contributed by atoms with Gasteiger partial charge in [-0.3, -0.25) is 9.59 Å². The first kappa shape index (κ1) is 19.1. The van der Waals surface area contributed by atoms with Gasteiger partial charge in [0.05, 0.1) is 11.3 Å². The van der Waals surface area contributed by atoms with E-state index in [0.717, 1.165) is 30.0 Å². The highest BCUT2D eigenvalue weighted by Gasteiger charge is 2.40. The van der Waals surface area contributed by atoms with E-state index in [4.69, 9.17) is 0 Å². The van der Waals surface area contributed by atoms with Crippen molar-refractivity contribution in [3.8, 4) is 0 Å². The number of benzene rings is 3. The molecule has 3 aromatic carbocycles. The van der Waals surface area contributed by atoms with Crippen LogP contribution in [0.2, 0.25) is 0 Å². The van der Waals surface area contributed by atoms with Gasteiger partial charge in [0, 0.05) is 24.5 Å². The molecule has 0 aliphatic carbocycles. The van der Waals surface area contributed by atoms with Crippen molar-refractivity contribution in [3.05, 3.63) is 96.2 Å². The highest BCUT2D eigenvalue weighted by Crippen LogP contribution is 2.34. The van der Waals surface area contributed by atoms with Crippen LogP contribution in [-0.4, -0.2) is 24.9 Å². The topological polar surface area (TPSA) is 52.7 Å². The second-order valence-corrected chi connectivity index (χ2v) is 7.76. The summed E-state index contributed by atoms with van der Waals surface area (Å²) in [5.74, 6) is -0.662. The Bertz CT molecular complexity index is 1130. The molecule has 5 nitrogen and oxygen atoms in total. The number of imide groups is 1. The Morgan fingerprint density at radius 1 is 0.645 bits per heavy atom. The minimum Gasteiger partial charge on any atom is -0.372 e. The molecule has 0 radical (unpaired) electrons. The lowest BCUT2D eigenvalue weighted by Gasteiger charge is -2.20. The summed E-state index contributed by atoms with van der Waals surface area (Å²) in [6, 6.07) is 26.5. The van der Waals surface area contributed by atoms with Gasteiger partial charge >= 0.3 is 0 Å². The predicted molar refractivity (Wildman–Crippen MR) is 124 cm³/mol. The zero-order chi connectivity index (χ0) is 21.2. The minimum atomic E-state index is -0.346. The molecule has 0 saturated carbocycles. The molecule has 0 spiro atoms. The molecule has 5 rings (SSSR count). The van der Waals surface area contributed by atoms with E-state index in [1.165, 1.54) is 17.7 Å². The maximum atomic E-state index is 13.5. The van der Waals surface area contributed by atoms with Crippen molar-refractivity contribution in [1.29, 1.82) is 0 Å². The summed E-state index contributed by atoms with van der Waals surface area (Å²) in [5, 5.41) is 3.18. The van der Waals surface area contributed by atoms with Crippen LogP contribution in [0.25, 0.3) is 5.57 Å². The summed E-state index contributed by atoms with van der Waals surface area (Å²) >= 11 is 0. The van der Waals surface area contributed by atoms with Crippen LogP contribution in [0.15, 0.2) is 90.6 Å². The Kier molecular flexibility index (Phi) is 5.00. The van der Waals surface area contributed by atoms with Crippen molar-refractivity contribution < 1.29 is 9.59 Å². The summed E-state index contributed by atoms with van der Waals surface area (Å²) in [6.45, 7) is 2.09. The van der Waals surface area contributed by atoms with Gasteiger partial charge in [0.15, 0.2) is 0 Å². The highest BCUT2D eigenvalue weighted by molar-refractivity contribution is 6.46. The molecule has 2 aliphatic rings. The van der Waals surface area contributed by atoms with E-state index < -0.39 is 0 Å². The summed E-state index contributed by atoms with van der Waals surface area (Å²) < 4.78 is 0. The number of rotatable bonds is 5. The highest BCUT2D eigenvalue weighted by atomic mass is 16.2. The SMILES string of the molecule is O=C1C(Nc2ccccc2)=C(c2ccccc2)C(=O)N1c1ccc(N2CCCC2)cc1. The first-order chi connectivity index (χ1) is 15.2. The van der Waals surface area contributed by atoms with E-state index in [2.05, 4.69) is 10.2 Å². The fourth-order valence-corrected chi connectivity index (χ4v) is 4.21. The van der Waals surface area contributed by atoms with Gasteiger partial charge < -0.3 is 10.2 Å². The smallest absolute Gasteiger partial charge is 0.282 e. The number of amides is 2. The molecular weight excluding hydrogens is 386 g/mol. The maximum Gasteiger partial charge on any atom is 0.282 e. The van der Waals surface area contributed by atoms with Gasteiger partial charge in [-0.15, -0.1) is 0 Å². The molecule has 0 unspecified atom stereocenters. The standard InChI is InChI=1S/C26H23N3O2/c30-25-23(19-9-3-1-4-10-19)24(27-20-11-5-2-6-12-20)26(31)29(25)22-15-13-21(14-16-22)28-17-7-8-18-28/h1-6,9-16,27H,7-8,17-18H2. The van der Waals surface area contributed by atoms with Crippen molar-refractivity contribution in [1.82, 2.24) is 0 Å². The van der Waals surface area contributed by atoms with Crippen LogP contribution >= 0.6 is 0 Å². The molecule has 0 aromatic heterocycles. The number of para-hydroxylation sites is 1. The predicted octanol–water partition coefficient (Wildman–Crippen LogP) is 4.68. The summed E-state index contributed by atoms with van der Waals surface area (Å²) in [7, 11) is 0. The van der Waals surface area contributed by atoms with E-state index >= 15 is 0 Å². The van der Waals surface area contributed by atoms with Crippen LogP contribution < -0.4 is 15.1 Å². The zero-order valence-corrected chi connectivity index (χ0v) is 17.1. The van der Waals surface area contributed by atoms with Crippen LogP contribution in [0, 0.1) is 0 Å². The molecule has 1 saturated heterocycles. The van der Waals surface area contributed by atoms with E-state index in [0.29, 0.717) is 17.0 Å². The summed E-state index contributed by atoms with van der Waals surface area (Å²) in [6.07, 6.45) is 2.40. The first-order valence-corrected chi connectivity index (χ1v) is 10.6. The molecule has 0 bridgehead atoms. The van der Waals surface area contributed by atoms with Crippen LogP contribution in [-0.2, 0) is 9.59 Å². The third-order valence-corrected chi connectivity index (χ3v) is 5.77. The van der Waals surface area contributed by atoms with Crippen LogP contribution in [0.4, 0.5) is 17.1 Å². The van der Waals surface area contributed by atoms with Crippen molar-refractivity contribution in [3.63, 3.8) is 0 Å². The van der Waals surface area contributed by atoms with Gasteiger partial charge in [0.2, 0.25) is 0 Å². The van der Waals surface area contributed by atoms with Crippen molar-refractivity contribution in [2.75, 3.05) is 28.2 Å². The Hall–Kier alpha value is -3.86. The third-order valence-electron chi connectivity index (χ3n) is 5.77. The molecular formula is C26H23N3O2. The second-order valence-electron chi connectivity index (χ2n) is 7.76. The van der Waals surface area contributed by atoms with Gasteiger partial charge in [-0.05, 0) is 54.8 Å². The lowest BCUT2D eigenvalue weighted by Crippen LogP contribution is -2.32. The maximum absolute atomic E-state index is 13.5. The zero-order valence-electron chi connectivity index (χ0n) is 17.1. The Labute approximate surface area is 181 Å². The van der Waals surface area contributed by atoms with Crippen LogP contribution in [0.3, 0.4) is 0 Å². The molecule has 2 amide bonds. The third kappa shape index (κ3) is 3.59. The number of hydrogen-bond acceptors (Lipinski definition) is 4. The van der Waals surface area contributed by atoms with Gasteiger partial charge in [-0.25, -0.2) is 4.90 Å². The average Bonchev–Trinajstić information content (AvgIpc) is 3.43. The second kappa shape index (κ2) is 8.11. The molecule has 2 aliphatic heterocycles. The lowest BCUT2D eigenvalue weighted by atomic mass is 10.0. The van der Waals surface area contributed by atoms with Gasteiger partial charge in [-0.1, -0.05) is 48.5 Å². The normalized spacial score (nSPS) is 16.4. The Morgan fingerprint density at radius 2 is 1.23 bits per heavy atom. The summed E-state index contributed by atoms with van der Waals surface area (Å²) in [4.78, 5) is 30.5. The van der Waals surface area contributed by atoms with Gasteiger partial charge in [0.1, 0.15) is 5.70 Å². The molecule has 5 heteroatoms. The van der Waals surface area contributed by atoms with Crippen molar-refractivity contribution in [2.24, 2.45) is 0 Å². The molecule has 2 heterocycles. The fourth-order valence-electron chi connectivity index (χ4n) is 4.21. The van der Waals surface area contributed by atoms with Crippen LogP contribution in [0.5, 0.6) is 0 Å². The van der Waals surface area contributed by atoms with E-state index in [1.54, 1.807) is 0 Å². The van der Waals surface area contributed by atoms with Crippen molar-refractivity contribution in [2.45, 2.75) is 12.8 Å².